The molecule has 0 bridgehead atoms. The van der Waals surface area contributed by atoms with E-state index in [1.807, 2.05) is 34.1 Å². The number of methoxy groups -OCH3 is 1. The summed E-state index contributed by atoms with van der Waals surface area (Å²) < 4.78 is 20.5. The molecule has 2 aromatic carbocycles. The van der Waals surface area contributed by atoms with Crippen molar-refractivity contribution < 1.29 is 18.7 Å². The van der Waals surface area contributed by atoms with Gasteiger partial charge in [0, 0.05) is 62.7 Å². The maximum Gasteiger partial charge on any atom is 0.264 e. The molecule has 3 heterocycles. The Bertz CT molecular complexity index is 1450. The molecule has 0 aliphatic carbocycles. The minimum Gasteiger partial charge on any atom is -0.497 e. The Morgan fingerprint density at radius 1 is 1.05 bits per heavy atom. The van der Waals surface area contributed by atoms with E-state index >= 15 is 4.39 Å². The van der Waals surface area contributed by atoms with Crippen LogP contribution in [0.4, 0.5) is 10.2 Å². The molecule has 9 nitrogen and oxygen atoms in total. The molecule has 2 fully saturated rings. The van der Waals surface area contributed by atoms with Crippen molar-refractivity contribution in [1.82, 2.24) is 20.0 Å². The first-order valence-electron chi connectivity index (χ1n) is 13.7. The minimum atomic E-state index is -0.552. The molecular formula is C30H33ClFN5O4. The van der Waals surface area contributed by atoms with E-state index in [1.165, 1.54) is 19.2 Å². The van der Waals surface area contributed by atoms with E-state index in [0.29, 0.717) is 67.7 Å². The molecule has 1 N–H and O–H groups in total. The molecule has 3 aromatic rings. The fourth-order valence-corrected chi connectivity index (χ4v) is 6.12. The fourth-order valence-electron chi connectivity index (χ4n) is 6.00. The van der Waals surface area contributed by atoms with E-state index in [1.54, 1.807) is 30.0 Å². The zero-order valence-electron chi connectivity index (χ0n) is 23.1. The van der Waals surface area contributed by atoms with Gasteiger partial charge in [-0.25, -0.2) is 9.49 Å². The van der Waals surface area contributed by atoms with Crippen LogP contribution in [-0.4, -0.2) is 71.6 Å². The number of ether oxygens (including phenoxy) is 1. The van der Waals surface area contributed by atoms with Crippen LogP contribution in [0.1, 0.15) is 42.9 Å². The van der Waals surface area contributed by atoms with E-state index in [0.717, 1.165) is 5.56 Å². The fraction of sp³-hybridized carbons (Fsp3) is 0.400. The zero-order valence-corrected chi connectivity index (χ0v) is 23.8. The van der Waals surface area contributed by atoms with Gasteiger partial charge in [0.05, 0.1) is 19.1 Å². The van der Waals surface area contributed by atoms with Gasteiger partial charge in [0.1, 0.15) is 17.4 Å². The molecule has 3 atom stereocenters. The highest BCUT2D eigenvalue weighted by molar-refractivity contribution is 6.30. The highest BCUT2D eigenvalue weighted by Crippen LogP contribution is 2.38. The van der Waals surface area contributed by atoms with E-state index in [2.05, 4.69) is 10.2 Å². The van der Waals surface area contributed by atoms with Gasteiger partial charge in [0.2, 0.25) is 11.8 Å². The summed E-state index contributed by atoms with van der Waals surface area (Å²) in [7, 11) is 1.48. The number of aromatic amines is 1. The topological polar surface area (TPSA) is 98.8 Å². The maximum atomic E-state index is 15.3. The number of nitrogens with one attached hydrogen (secondary N) is 1. The van der Waals surface area contributed by atoms with E-state index in [9.17, 15) is 14.4 Å². The summed E-state index contributed by atoms with van der Waals surface area (Å²) in [6, 6.07) is 15.1. The number of carbonyl (C=O) groups excluding carboxylic acids is 2. The Kier molecular flexibility index (Phi) is 8.58. The van der Waals surface area contributed by atoms with Gasteiger partial charge < -0.3 is 19.4 Å². The van der Waals surface area contributed by atoms with Crippen molar-refractivity contribution in [3.63, 3.8) is 0 Å². The predicted molar refractivity (Wildman–Crippen MR) is 154 cm³/mol. The molecule has 5 rings (SSSR count). The van der Waals surface area contributed by atoms with Crippen LogP contribution < -0.4 is 15.2 Å². The maximum absolute atomic E-state index is 15.3. The highest BCUT2D eigenvalue weighted by atomic mass is 35.5. The molecule has 2 saturated heterocycles. The summed E-state index contributed by atoms with van der Waals surface area (Å²) in [5, 5.41) is 7.22. The van der Waals surface area contributed by atoms with Crippen molar-refractivity contribution in [2.45, 2.75) is 31.7 Å². The van der Waals surface area contributed by atoms with Crippen LogP contribution in [0.25, 0.3) is 0 Å². The summed E-state index contributed by atoms with van der Waals surface area (Å²) in [6.45, 7) is 3.49. The van der Waals surface area contributed by atoms with Gasteiger partial charge in [-0.3, -0.25) is 14.4 Å². The molecule has 1 aromatic heterocycles. The lowest BCUT2D eigenvalue weighted by molar-refractivity contribution is -0.139. The summed E-state index contributed by atoms with van der Waals surface area (Å²) in [6.07, 6.45) is 1.39. The Labute approximate surface area is 242 Å². The third-order valence-electron chi connectivity index (χ3n) is 8.10. The van der Waals surface area contributed by atoms with E-state index in [4.69, 9.17) is 16.3 Å². The smallest absolute Gasteiger partial charge is 0.264 e. The van der Waals surface area contributed by atoms with Gasteiger partial charge >= 0.3 is 0 Å². The Morgan fingerprint density at radius 2 is 1.83 bits per heavy atom. The largest absolute Gasteiger partial charge is 0.497 e. The number of hydrogen-bond acceptors (Lipinski definition) is 6. The minimum absolute atomic E-state index is 0.0615. The standard InChI is InChI=1S/C30H33ClFN5O4/c1-19(38)37-15-14-35(13-3-4-27(37)20-5-7-21(31)8-6-20)30(40)25-18-36(28-11-12-29(39)34-33-28)17-24(25)23-10-9-22(41-2)16-26(23)32/h5-12,16,24-25,27H,3-4,13-15,17-18H2,1-2H3,(H,34,39). The van der Waals surface area contributed by atoms with Crippen LogP contribution >= 0.6 is 11.6 Å². The molecule has 2 amide bonds. The van der Waals surface area contributed by atoms with Crippen molar-refractivity contribution in [3.05, 3.63) is 86.9 Å². The van der Waals surface area contributed by atoms with Crippen molar-refractivity contribution in [3.8, 4) is 5.75 Å². The molecule has 41 heavy (non-hydrogen) atoms. The predicted octanol–water partition coefficient (Wildman–Crippen LogP) is 4.00. The first kappa shape index (κ1) is 28.6. The number of hydrogen-bond donors (Lipinski definition) is 1. The Morgan fingerprint density at radius 3 is 2.49 bits per heavy atom. The molecule has 0 radical (unpaired) electrons. The van der Waals surface area contributed by atoms with Crippen LogP contribution in [-0.2, 0) is 9.59 Å². The second kappa shape index (κ2) is 12.3. The van der Waals surface area contributed by atoms with E-state index in [-0.39, 0.29) is 23.4 Å². The lowest BCUT2D eigenvalue weighted by Crippen LogP contribution is -2.47. The Balaban J connectivity index is 1.40. The van der Waals surface area contributed by atoms with Gasteiger partial charge in [-0.05, 0) is 48.2 Å². The first-order valence-corrected chi connectivity index (χ1v) is 14.1. The molecule has 0 saturated carbocycles. The quantitative estimate of drug-likeness (QED) is 0.489. The lowest BCUT2D eigenvalue weighted by atomic mass is 9.87. The molecular weight excluding hydrogens is 549 g/mol. The van der Waals surface area contributed by atoms with Crippen LogP contribution in [0.2, 0.25) is 5.02 Å². The Hall–Kier alpha value is -3.92. The van der Waals surface area contributed by atoms with Gasteiger partial charge in [0.25, 0.3) is 5.56 Å². The van der Waals surface area contributed by atoms with Gasteiger partial charge in [0.15, 0.2) is 0 Å². The zero-order chi connectivity index (χ0) is 29.1. The molecule has 0 spiro atoms. The van der Waals surface area contributed by atoms with Crippen molar-refractivity contribution in [2.75, 3.05) is 44.7 Å². The average molecular weight is 582 g/mol. The van der Waals surface area contributed by atoms with E-state index < -0.39 is 17.7 Å². The number of amides is 2. The molecule has 3 unspecified atom stereocenters. The molecule has 2 aliphatic heterocycles. The summed E-state index contributed by atoms with van der Waals surface area (Å²) >= 11 is 6.08. The lowest BCUT2D eigenvalue weighted by Gasteiger charge is -2.38. The summed E-state index contributed by atoms with van der Waals surface area (Å²) in [5.74, 6) is -0.680. The number of rotatable bonds is 5. The number of H-pyrrole nitrogens is 1. The van der Waals surface area contributed by atoms with Crippen LogP contribution in [0.3, 0.4) is 0 Å². The number of aromatic nitrogens is 2. The average Bonchev–Trinajstić information content (AvgIpc) is 3.38. The van der Waals surface area contributed by atoms with Crippen LogP contribution in [0.15, 0.2) is 59.4 Å². The highest BCUT2D eigenvalue weighted by Gasteiger charge is 2.42. The van der Waals surface area contributed by atoms with Gasteiger partial charge in [-0.2, -0.15) is 5.10 Å². The second-order valence-corrected chi connectivity index (χ2v) is 11.0. The normalized spacial score (nSPS) is 21.4. The van der Waals surface area contributed by atoms with Crippen molar-refractivity contribution in [2.24, 2.45) is 5.92 Å². The number of anilines is 1. The SMILES string of the molecule is COc1ccc(C2CN(c3ccc(=O)[nH]n3)CC2C(=O)N2CCCC(c3ccc(Cl)cc3)N(C(C)=O)CC2)c(F)c1. The second-order valence-electron chi connectivity index (χ2n) is 10.5. The van der Waals surface area contributed by atoms with Crippen LogP contribution in [0.5, 0.6) is 5.75 Å². The number of halogens is 2. The number of benzene rings is 2. The van der Waals surface area contributed by atoms with Crippen molar-refractivity contribution >= 4 is 29.2 Å². The first-order chi connectivity index (χ1) is 19.7. The molecule has 2 aliphatic rings. The monoisotopic (exact) mass is 581 g/mol. The molecule has 11 heteroatoms. The summed E-state index contributed by atoms with van der Waals surface area (Å²) in [4.78, 5) is 43.9. The number of nitrogens with zero attached hydrogens (tertiary/aromatic N) is 4. The van der Waals surface area contributed by atoms with Crippen LogP contribution in [0, 0.1) is 11.7 Å². The third kappa shape index (κ3) is 6.22. The van der Waals surface area contributed by atoms with Gasteiger partial charge in [-0.1, -0.05) is 29.8 Å². The number of carbonyl (C=O) groups is 2. The van der Waals surface area contributed by atoms with Gasteiger partial charge in [-0.15, -0.1) is 0 Å². The molecule has 216 valence electrons. The third-order valence-corrected chi connectivity index (χ3v) is 8.35. The van der Waals surface area contributed by atoms with Crippen molar-refractivity contribution in [1.29, 1.82) is 0 Å². The summed E-state index contributed by atoms with van der Waals surface area (Å²) in [5.41, 5.74) is 1.11.